The standard InChI is InChI=1S/C28H27F3N6O4/c1-15(17-3-2-4-17)33-22-21-23(35-24(34-22)26(38)39)36-25(20-10-7-18(13-32-20)27-40-11-12-41-27)37(21)14-16-5-8-19(9-6-16)28(29,30)31/h5-10,13,15,17,27H,2-4,11-12,14H2,1H3,(H,38,39)(H,33,34,35)/t15-/m1/s1. The molecule has 0 radical (unpaired) electrons. The summed E-state index contributed by atoms with van der Waals surface area (Å²) in [7, 11) is 0. The predicted molar refractivity (Wildman–Crippen MR) is 141 cm³/mol. The summed E-state index contributed by atoms with van der Waals surface area (Å²) < 4.78 is 52.4. The molecule has 1 aliphatic carbocycles. The van der Waals surface area contributed by atoms with E-state index < -0.39 is 29.8 Å². The maximum atomic E-state index is 13.2. The van der Waals surface area contributed by atoms with Gasteiger partial charge in [-0.05, 0) is 49.4 Å². The number of halogens is 3. The van der Waals surface area contributed by atoms with Gasteiger partial charge in [0.2, 0.25) is 5.82 Å². The minimum absolute atomic E-state index is 0.00480. The van der Waals surface area contributed by atoms with E-state index in [2.05, 4.69) is 25.3 Å². The van der Waals surface area contributed by atoms with Gasteiger partial charge in [0, 0.05) is 24.3 Å². The quantitative estimate of drug-likeness (QED) is 0.291. The van der Waals surface area contributed by atoms with Crippen molar-refractivity contribution >= 4 is 23.0 Å². The second-order valence-electron chi connectivity index (χ2n) is 10.3. The molecule has 0 spiro atoms. The summed E-state index contributed by atoms with van der Waals surface area (Å²) in [5, 5.41) is 13.1. The van der Waals surface area contributed by atoms with Gasteiger partial charge < -0.3 is 24.5 Å². The minimum atomic E-state index is -4.46. The first-order valence-electron chi connectivity index (χ1n) is 13.3. The van der Waals surface area contributed by atoms with Crippen LogP contribution in [0.2, 0.25) is 0 Å². The molecule has 2 aliphatic rings. The van der Waals surface area contributed by atoms with Gasteiger partial charge in [-0.3, -0.25) is 4.98 Å². The summed E-state index contributed by atoms with van der Waals surface area (Å²) in [6, 6.07) is 8.40. The Bertz CT molecular complexity index is 1560. The Hall–Kier alpha value is -4.10. The molecular weight excluding hydrogens is 541 g/mol. The van der Waals surface area contributed by atoms with Crippen molar-refractivity contribution in [2.75, 3.05) is 18.5 Å². The number of hydrogen-bond acceptors (Lipinski definition) is 8. The van der Waals surface area contributed by atoms with Crippen molar-refractivity contribution in [2.45, 2.75) is 51.2 Å². The average Bonchev–Trinajstić information content (AvgIpc) is 3.56. The first kappa shape index (κ1) is 27.1. The number of imidazole rings is 1. The Morgan fingerprint density at radius 3 is 2.41 bits per heavy atom. The van der Waals surface area contributed by atoms with Crippen LogP contribution in [0.25, 0.3) is 22.7 Å². The molecule has 214 valence electrons. The Morgan fingerprint density at radius 2 is 1.83 bits per heavy atom. The molecule has 1 saturated heterocycles. The van der Waals surface area contributed by atoms with Crippen molar-refractivity contribution in [3.63, 3.8) is 0 Å². The van der Waals surface area contributed by atoms with Gasteiger partial charge in [0.05, 0.1) is 18.8 Å². The summed E-state index contributed by atoms with van der Waals surface area (Å²) in [6.45, 7) is 3.09. The van der Waals surface area contributed by atoms with E-state index in [1.54, 1.807) is 22.9 Å². The summed E-state index contributed by atoms with van der Waals surface area (Å²) >= 11 is 0. The minimum Gasteiger partial charge on any atom is -0.475 e. The lowest BCUT2D eigenvalue weighted by Crippen LogP contribution is -2.31. The molecular formula is C28H27F3N6O4. The fraction of sp³-hybridized carbons (Fsp3) is 0.393. The monoisotopic (exact) mass is 568 g/mol. The van der Waals surface area contributed by atoms with E-state index in [1.165, 1.54) is 12.1 Å². The zero-order valence-corrected chi connectivity index (χ0v) is 22.1. The number of carboxylic acids is 1. The van der Waals surface area contributed by atoms with Gasteiger partial charge >= 0.3 is 12.1 Å². The van der Waals surface area contributed by atoms with E-state index in [4.69, 9.17) is 9.47 Å². The molecule has 1 aromatic carbocycles. The normalized spacial score (nSPS) is 17.1. The SMILES string of the molecule is C[C@@H](Nc1nc(C(=O)O)nc2nc(-c3ccc(C4OCCO4)cn3)n(Cc3ccc(C(F)(F)F)cc3)c12)C1CCC1. The molecule has 6 rings (SSSR count). The molecule has 13 heteroatoms. The summed E-state index contributed by atoms with van der Waals surface area (Å²) in [5.41, 5.74) is 1.56. The number of carboxylic acid groups (broad SMARTS) is 1. The Labute approximate surface area is 232 Å². The number of hydrogen-bond donors (Lipinski definition) is 2. The number of anilines is 1. The highest BCUT2D eigenvalue weighted by atomic mass is 19.4. The maximum Gasteiger partial charge on any atom is 0.416 e. The highest BCUT2D eigenvalue weighted by Crippen LogP contribution is 2.35. The predicted octanol–water partition coefficient (Wildman–Crippen LogP) is 5.30. The highest BCUT2D eigenvalue weighted by molar-refractivity contribution is 5.92. The number of alkyl halides is 3. The van der Waals surface area contributed by atoms with Gasteiger partial charge in [0.25, 0.3) is 0 Å². The van der Waals surface area contributed by atoms with Crippen LogP contribution in [0, 0.1) is 5.92 Å². The fourth-order valence-corrected chi connectivity index (χ4v) is 5.06. The maximum absolute atomic E-state index is 13.2. The van der Waals surface area contributed by atoms with Gasteiger partial charge in [-0.25, -0.2) is 19.7 Å². The number of carbonyl (C=O) groups is 1. The van der Waals surface area contributed by atoms with Crippen LogP contribution in [-0.2, 0) is 22.2 Å². The second-order valence-corrected chi connectivity index (χ2v) is 10.3. The lowest BCUT2D eigenvalue weighted by Gasteiger charge is -2.32. The van der Waals surface area contributed by atoms with E-state index >= 15 is 0 Å². The van der Waals surface area contributed by atoms with Gasteiger partial charge in [-0.2, -0.15) is 13.2 Å². The average molecular weight is 569 g/mol. The van der Waals surface area contributed by atoms with Crippen LogP contribution in [0.5, 0.6) is 0 Å². The third-order valence-electron chi connectivity index (χ3n) is 7.55. The highest BCUT2D eigenvalue weighted by Gasteiger charge is 2.31. The Kier molecular flexibility index (Phi) is 7.08. The molecule has 1 aliphatic heterocycles. The van der Waals surface area contributed by atoms with Crippen LogP contribution in [0.4, 0.5) is 19.0 Å². The van der Waals surface area contributed by atoms with Crippen LogP contribution in [-0.4, -0.2) is 54.8 Å². The number of aromatic carboxylic acids is 1. The summed E-state index contributed by atoms with van der Waals surface area (Å²) in [6.07, 6.45) is -0.136. The number of rotatable bonds is 8. The third kappa shape index (κ3) is 5.46. The first-order chi connectivity index (χ1) is 19.7. The van der Waals surface area contributed by atoms with Crippen molar-refractivity contribution < 1.29 is 32.5 Å². The lowest BCUT2D eigenvalue weighted by molar-refractivity contribution is -0.137. The zero-order chi connectivity index (χ0) is 28.7. The number of benzene rings is 1. The number of pyridine rings is 1. The number of nitrogens with one attached hydrogen (secondary N) is 1. The van der Waals surface area contributed by atoms with Crippen LogP contribution in [0.1, 0.15) is 59.8 Å². The molecule has 3 aromatic heterocycles. The third-order valence-corrected chi connectivity index (χ3v) is 7.55. The van der Waals surface area contributed by atoms with E-state index in [1.807, 2.05) is 6.92 Å². The molecule has 4 aromatic rings. The van der Waals surface area contributed by atoms with E-state index in [0.717, 1.165) is 37.0 Å². The van der Waals surface area contributed by atoms with Crippen molar-refractivity contribution in [1.82, 2.24) is 24.5 Å². The molecule has 2 fully saturated rings. The zero-order valence-electron chi connectivity index (χ0n) is 22.1. The first-order valence-corrected chi connectivity index (χ1v) is 13.3. The van der Waals surface area contributed by atoms with Crippen molar-refractivity contribution in [3.8, 4) is 11.5 Å². The number of aromatic nitrogens is 5. The fourth-order valence-electron chi connectivity index (χ4n) is 5.06. The molecule has 1 saturated carbocycles. The van der Waals surface area contributed by atoms with Crippen LogP contribution >= 0.6 is 0 Å². The van der Waals surface area contributed by atoms with Gasteiger partial charge in [-0.1, -0.05) is 24.6 Å². The number of fused-ring (bicyclic) bond motifs is 1. The molecule has 41 heavy (non-hydrogen) atoms. The van der Waals surface area contributed by atoms with Crippen molar-refractivity contribution in [1.29, 1.82) is 0 Å². The summed E-state index contributed by atoms with van der Waals surface area (Å²) in [4.78, 5) is 29.6. The number of ether oxygens (including phenoxy) is 2. The Balaban J connectivity index is 1.47. The van der Waals surface area contributed by atoms with E-state index in [0.29, 0.717) is 47.5 Å². The van der Waals surface area contributed by atoms with E-state index in [9.17, 15) is 23.1 Å². The smallest absolute Gasteiger partial charge is 0.416 e. The van der Waals surface area contributed by atoms with E-state index in [-0.39, 0.29) is 18.2 Å². The van der Waals surface area contributed by atoms with Gasteiger partial charge in [-0.15, -0.1) is 0 Å². The van der Waals surface area contributed by atoms with Gasteiger partial charge in [0.15, 0.2) is 23.6 Å². The van der Waals surface area contributed by atoms with Crippen LogP contribution < -0.4 is 5.32 Å². The molecule has 0 amide bonds. The topological polar surface area (TPSA) is 124 Å². The van der Waals surface area contributed by atoms with Crippen LogP contribution in [0.3, 0.4) is 0 Å². The van der Waals surface area contributed by atoms with Crippen molar-refractivity contribution in [3.05, 3.63) is 65.1 Å². The molecule has 4 heterocycles. The van der Waals surface area contributed by atoms with Crippen LogP contribution in [0.15, 0.2) is 42.6 Å². The largest absolute Gasteiger partial charge is 0.475 e. The summed E-state index contributed by atoms with van der Waals surface area (Å²) in [5.74, 6) is -0.652. The molecule has 1 atom stereocenters. The lowest BCUT2D eigenvalue weighted by atomic mass is 9.80. The second kappa shape index (κ2) is 10.7. The molecule has 0 bridgehead atoms. The number of nitrogens with zero attached hydrogens (tertiary/aromatic N) is 5. The molecule has 0 unspecified atom stereocenters. The Morgan fingerprint density at radius 1 is 1.10 bits per heavy atom. The van der Waals surface area contributed by atoms with Gasteiger partial charge in [0.1, 0.15) is 11.2 Å². The molecule has 2 N–H and O–H groups in total. The van der Waals surface area contributed by atoms with Crippen molar-refractivity contribution in [2.24, 2.45) is 5.92 Å². The molecule has 10 nitrogen and oxygen atoms in total.